The second-order valence-corrected chi connectivity index (χ2v) is 8.87. The number of pyridine rings is 1. The first-order valence-electron chi connectivity index (χ1n) is 10.6. The molecule has 0 bridgehead atoms. The molecule has 1 aliphatic heterocycles. The van der Waals surface area contributed by atoms with Gasteiger partial charge >= 0.3 is 0 Å². The highest BCUT2D eigenvalue weighted by molar-refractivity contribution is 5.99. The van der Waals surface area contributed by atoms with Crippen LogP contribution in [0.4, 0.5) is 8.78 Å². The summed E-state index contributed by atoms with van der Waals surface area (Å²) in [5, 5.41) is 13.1. The molecule has 2 N–H and O–H groups in total. The highest BCUT2D eigenvalue weighted by Crippen LogP contribution is 2.46. The summed E-state index contributed by atoms with van der Waals surface area (Å²) in [6.07, 6.45) is 2.31. The molecule has 4 rings (SSSR count). The topological polar surface area (TPSA) is 101 Å². The molecule has 0 atom stereocenters. The Morgan fingerprint density at radius 3 is 2.56 bits per heavy atom. The Hall–Kier alpha value is -2.98. The number of carbonyl (C=O) groups is 2. The van der Waals surface area contributed by atoms with Gasteiger partial charge < -0.3 is 24.6 Å². The van der Waals surface area contributed by atoms with Gasteiger partial charge in [0.2, 0.25) is 5.43 Å². The summed E-state index contributed by atoms with van der Waals surface area (Å²) in [7, 11) is 1.59. The van der Waals surface area contributed by atoms with E-state index in [2.05, 4.69) is 5.32 Å². The molecule has 8 nitrogen and oxygen atoms in total. The Morgan fingerprint density at radius 2 is 1.97 bits per heavy atom. The van der Waals surface area contributed by atoms with Crippen molar-refractivity contribution >= 4 is 24.2 Å². The van der Waals surface area contributed by atoms with E-state index in [1.54, 1.807) is 12.0 Å². The second-order valence-electron chi connectivity index (χ2n) is 8.87. The predicted octanol–water partition coefficient (Wildman–Crippen LogP) is 2.55. The first-order chi connectivity index (χ1) is 15.6. The lowest BCUT2D eigenvalue weighted by atomic mass is 9.71. The maximum absolute atomic E-state index is 13.9. The van der Waals surface area contributed by atoms with E-state index in [0.717, 1.165) is 6.07 Å². The number of carbonyl (C=O) groups excluding carboxylic acids is 2. The van der Waals surface area contributed by atoms with Crippen LogP contribution in [0, 0.1) is 11.6 Å². The van der Waals surface area contributed by atoms with Crippen LogP contribution in [0.15, 0.2) is 29.2 Å². The van der Waals surface area contributed by atoms with Gasteiger partial charge in [0.05, 0.1) is 11.6 Å². The van der Waals surface area contributed by atoms with Gasteiger partial charge in [0, 0.05) is 44.1 Å². The van der Waals surface area contributed by atoms with Crippen molar-refractivity contribution in [1.82, 2.24) is 14.8 Å². The van der Waals surface area contributed by atoms with Crippen LogP contribution in [-0.4, -0.2) is 52.2 Å². The summed E-state index contributed by atoms with van der Waals surface area (Å²) in [6, 6.07) is 2.78. The maximum Gasteiger partial charge on any atom is 0.274 e. The van der Waals surface area contributed by atoms with Crippen molar-refractivity contribution in [2.45, 2.75) is 50.9 Å². The van der Waals surface area contributed by atoms with Gasteiger partial charge in [0.15, 0.2) is 11.4 Å². The number of rotatable bonds is 5. The van der Waals surface area contributed by atoms with Gasteiger partial charge in [-0.15, -0.1) is 12.4 Å². The maximum atomic E-state index is 13.9. The lowest BCUT2D eigenvalue weighted by Crippen LogP contribution is -2.63. The van der Waals surface area contributed by atoms with Gasteiger partial charge in [0.25, 0.3) is 11.8 Å². The SMILES string of the molecule is CO[C@H]1C[C@]2(CN(C(C)C)C(=O)c3c(O)c(=O)c(C(=O)NCc4ccc(F)cc4F)cn32)C1.Cl. The van der Waals surface area contributed by atoms with E-state index in [1.165, 1.54) is 16.8 Å². The number of aromatic nitrogens is 1. The third-order valence-electron chi connectivity index (χ3n) is 6.49. The van der Waals surface area contributed by atoms with Crippen LogP contribution >= 0.6 is 12.4 Å². The number of hydrogen-bond donors (Lipinski definition) is 2. The fourth-order valence-corrected chi connectivity index (χ4v) is 4.58. The third kappa shape index (κ3) is 4.16. The quantitative estimate of drug-likeness (QED) is 0.661. The number of fused-ring (bicyclic) bond motifs is 2. The summed E-state index contributed by atoms with van der Waals surface area (Å²) in [4.78, 5) is 40.3. The van der Waals surface area contributed by atoms with E-state index in [-0.39, 0.29) is 47.9 Å². The molecule has 184 valence electrons. The van der Waals surface area contributed by atoms with E-state index < -0.39 is 40.2 Å². The summed E-state index contributed by atoms with van der Waals surface area (Å²) in [6.45, 7) is 3.75. The van der Waals surface area contributed by atoms with Crippen LogP contribution in [-0.2, 0) is 16.8 Å². The molecule has 1 aromatic heterocycles. The zero-order chi connectivity index (χ0) is 24.1. The van der Waals surface area contributed by atoms with Gasteiger partial charge in [-0.3, -0.25) is 14.4 Å². The number of hydrogen-bond acceptors (Lipinski definition) is 5. The van der Waals surface area contributed by atoms with Gasteiger partial charge in [0.1, 0.15) is 17.2 Å². The van der Waals surface area contributed by atoms with E-state index in [4.69, 9.17) is 4.74 Å². The van der Waals surface area contributed by atoms with Crippen LogP contribution in [0.1, 0.15) is 53.1 Å². The van der Waals surface area contributed by atoms with Crippen LogP contribution in [0.3, 0.4) is 0 Å². The van der Waals surface area contributed by atoms with Crippen LogP contribution in [0.5, 0.6) is 5.75 Å². The van der Waals surface area contributed by atoms with Crippen molar-refractivity contribution in [3.05, 3.63) is 63.1 Å². The lowest BCUT2D eigenvalue weighted by molar-refractivity contribution is -0.0728. The van der Waals surface area contributed by atoms with Crippen molar-refractivity contribution in [3.8, 4) is 5.75 Å². The summed E-state index contributed by atoms with van der Waals surface area (Å²) >= 11 is 0. The Balaban J connectivity index is 0.00000324. The smallest absolute Gasteiger partial charge is 0.274 e. The number of amides is 2. The molecule has 2 heterocycles. The largest absolute Gasteiger partial charge is 0.503 e. The fraction of sp³-hybridized carbons (Fsp3) is 0.435. The van der Waals surface area contributed by atoms with Crippen LogP contribution in [0.25, 0.3) is 0 Å². The molecule has 1 fully saturated rings. The van der Waals surface area contributed by atoms with Crippen molar-refractivity contribution < 1.29 is 28.2 Å². The standard InChI is InChI=1S/C23H25F2N3O5.ClH/c1-12(2)27-11-23(7-15(8-23)33-3)28-10-16(19(29)20(30)18(28)22(27)32)21(31)26-9-13-4-5-14(24)6-17(13)25;/h4-6,10,12,15,30H,7-9,11H2,1-3H3,(H,26,31);1H/t15-,23+;. The molecule has 0 saturated heterocycles. The molecule has 2 amide bonds. The highest BCUT2D eigenvalue weighted by Gasteiger charge is 2.53. The molecule has 1 spiro atoms. The zero-order valence-corrected chi connectivity index (χ0v) is 19.7. The number of methoxy groups -OCH3 is 1. The number of benzene rings is 1. The minimum absolute atomic E-state index is 0. The van der Waals surface area contributed by atoms with Crippen molar-refractivity contribution in [1.29, 1.82) is 0 Å². The summed E-state index contributed by atoms with van der Waals surface area (Å²) < 4.78 is 33.9. The molecular weight excluding hydrogens is 472 g/mol. The monoisotopic (exact) mass is 497 g/mol. The Morgan fingerprint density at radius 1 is 1.29 bits per heavy atom. The summed E-state index contributed by atoms with van der Waals surface area (Å²) in [5.41, 5.74) is -2.11. The Kier molecular flexibility index (Phi) is 7.05. The average Bonchev–Trinajstić information content (AvgIpc) is 2.73. The molecule has 1 aliphatic carbocycles. The normalized spacial score (nSPS) is 21.2. The molecule has 2 aliphatic rings. The molecule has 34 heavy (non-hydrogen) atoms. The predicted molar refractivity (Wildman–Crippen MR) is 121 cm³/mol. The van der Waals surface area contributed by atoms with Crippen molar-refractivity contribution in [2.24, 2.45) is 0 Å². The third-order valence-corrected chi connectivity index (χ3v) is 6.49. The van der Waals surface area contributed by atoms with E-state index in [1.807, 2.05) is 13.8 Å². The number of aromatic hydroxyl groups is 1. The van der Waals surface area contributed by atoms with Gasteiger partial charge in [-0.2, -0.15) is 0 Å². The first-order valence-corrected chi connectivity index (χ1v) is 10.6. The van der Waals surface area contributed by atoms with Gasteiger partial charge in [-0.25, -0.2) is 8.78 Å². The molecule has 2 aromatic rings. The van der Waals surface area contributed by atoms with Crippen LogP contribution < -0.4 is 10.7 Å². The number of nitrogens with zero attached hydrogens (tertiary/aromatic N) is 2. The Bertz CT molecular complexity index is 1190. The van der Waals surface area contributed by atoms with Gasteiger partial charge in [-0.05, 0) is 32.8 Å². The minimum atomic E-state index is -0.991. The molecule has 1 aromatic carbocycles. The number of nitrogens with one attached hydrogen (secondary N) is 1. The molecular formula is C23H26ClF2N3O5. The van der Waals surface area contributed by atoms with E-state index >= 15 is 0 Å². The van der Waals surface area contributed by atoms with Crippen molar-refractivity contribution in [3.63, 3.8) is 0 Å². The van der Waals surface area contributed by atoms with Crippen molar-refractivity contribution in [2.75, 3.05) is 13.7 Å². The fourth-order valence-electron chi connectivity index (χ4n) is 4.58. The molecule has 0 radical (unpaired) electrons. The minimum Gasteiger partial charge on any atom is -0.503 e. The zero-order valence-electron chi connectivity index (χ0n) is 18.9. The molecule has 0 unspecified atom stereocenters. The number of ether oxygens (including phenoxy) is 1. The van der Waals surface area contributed by atoms with E-state index in [9.17, 15) is 28.3 Å². The highest BCUT2D eigenvalue weighted by atomic mass is 35.5. The molecule has 11 heteroatoms. The molecule has 1 saturated carbocycles. The lowest BCUT2D eigenvalue weighted by Gasteiger charge is -2.54. The first kappa shape index (κ1) is 25.6. The second kappa shape index (κ2) is 9.34. The average molecular weight is 498 g/mol. The van der Waals surface area contributed by atoms with Gasteiger partial charge in [-0.1, -0.05) is 6.07 Å². The Labute approximate surface area is 200 Å². The van der Waals surface area contributed by atoms with Crippen LogP contribution in [0.2, 0.25) is 0 Å². The summed E-state index contributed by atoms with van der Waals surface area (Å²) in [5.74, 6) is -3.72. The number of halogens is 3. The van der Waals surface area contributed by atoms with E-state index in [0.29, 0.717) is 25.5 Å².